The SMILES string of the molecule is CCCCCCCCCCN[C@@H](c1cccnc1)C(F)(F)F.O=C(O)c1cc(OCc2ccc(F)cc2)c(Cl)cn1. The molecular formula is C30H36ClF4N3O3. The molecule has 2 N–H and O–H groups in total. The first kappa shape index (κ1) is 34.0. The average molecular weight is 598 g/mol. The van der Waals surface area contributed by atoms with Gasteiger partial charge in [-0.25, -0.2) is 14.2 Å². The number of aromatic nitrogens is 2. The van der Waals surface area contributed by atoms with Crippen molar-refractivity contribution in [3.63, 3.8) is 0 Å². The van der Waals surface area contributed by atoms with Gasteiger partial charge in [-0.2, -0.15) is 13.2 Å². The Kier molecular flexibility index (Phi) is 15.1. The van der Waals surface area contributed by atoms with Crippen LogP contribution in [0.4, 0.5) is 17.6 Å². The van der Waals surface area contributed by atoms with Crippen LogP contribution < -0.4 is 10.1 Å². The summed E-state index contributed by atoms with van der Waals surface area (Å²) < 4.78 is 57.3. The van der Waals surface area contributed by atoms with Gasteiger partial charge in [0.2, 0.25) is 0 Å². The van der Waals surface area contributed by atoms with Crippen LogP contribution in [0.1, 0.15) is 85.9 Å². The topological polar surface area (TPSA) is 84.3 Å². The molecule has 3 rings (SSSR count). The number of unbranched alkanes of at least 4 members (excludes halogenated alkanes) is 7. The van der Waals surface area contributed by atoms with Gasteiger partial charge in [0.15, 0.2) is 5.69 Å². The van der Waals surface area contributed by atoms with Gasteiger partial charge in [0.25, 0.3) is 0 Å². The van der Waals surface area contributed by atoms with Gasteiger partial charge in [-0.3, -0.25) is 4.98 Å². The number of nitrogens with zero attached hydrogens (tertiary/aromatic N) is 2. The van der Waals surface area contributed by atoms with Crippen molar-refractivity contribution in [3.8, 4) is 5.75 Å². The van der Waals surface area contributed by atoms with Gasteiger partial charge in [-0.15, -0.1) is 0 Å². The number of hydrogen-bond donors (Lipinski definition) is 2. The summed E-state index contributed by atoms with van der Waals surface area (Å²) in [4.78, 5) is 18.2. The zero-order chi connectivity index (χ0) is 30.1. The van der Waals surface area contributed by atoms with Crippen molar-refractivity contribution in [2.45, 2.75) is 77.1 Å². The summed E-state index contributed by atoms with van der Waals surface area (Å²) in [6.07, 6.45) is 8.76. The molecule has 0 bridgehead atoms. The van der Waals surface area contributed by atoms with E-state index in [0.29, 0.717) is 6.54 Å². The Morgan fingerprint density at radius 2 is 1.68 bits per heavy atom. The molecule has 0 radical (unpaired) electrons. The highest BCUT2D eigenvalue weighted by atomic mass is 35.5. The number of halogens is 5. The molecule has 2 aromatic heterocycles. The van der Waals surface area contributed by atoms with Crippen LogP contribution in [-0.2, 0) is 6.61 Å². The summed E-state index contributed by atoms with van der Waals surface area (Å²) in [6, 6.07) is 8.40. The first-order valence-electron chi connectivity index (χ1n) is 13.6. The van der Waals surface area contributed by atoms with Crippen LogP contribution in [0.3, 0.4) is 0 Å². The fourth-order valence-corrected chi connectivity index (χ4v) is 4.02. The Bertz CT molecular complexity index is 1170. The quantitative estimate of drug-likeness (QED) is 0.135. The second kappa shape index (κ2) is 18.2. The number of alkyl halides is 3. The van der Waals surface area contributed by atoms with Crippen LogP contribution in [0.25, 0.3) is 0 Å². The van der Waals surface area contributed by atoms with Crippen LogP contribution in [0.2, 0.25) is 5.02 Å². The van der Waals surface area contributed by atoms with Gasteiger partial charge in [-0.05, 0) is 42.3 Å². The molecule has 2 heterocycles. The Labute approximate surface area is 243 Å². The van der Waals surface area contributed by atoms with Crippen LogP contribution >= 0.6 is 11.6 Å². The van der Waals surface area contributed by atoms with Crippen LogP contribution in [0.5, 0.6) is 5.75 Å². The largest absolute Gasteiger partial charge is 0.487 e. The molecule has 0 aliphatic carbocycles. The number of carboxylic acid groups (broad SMARTS) is 1. The number of aromatic carboxylic acids is 1. The van der Waals surface area contributed by atoms with Crippen LogP contribution in [0.15, 0.2) is 61.1 Å². The lowest BCUT2D eigenvalue weighted by atomic mass is 10.1. The summed E-state index contributed by atoms with van der Waals surface area (Å²) in [5.74, 6) is -1.28. The maximum atomic E-state index is 13.1. The average Bonchev–Trinajstić information content (AvgIpc) is 2.94. The lowest BCUT2D eigenvalue weighted by molar-refractivity contribution is -0.157. The summed E-state index contributed by atoms with van der Waals surface area (Å²) in [5, 5.41) is 11.7. The fraction of sp³-hybridized carbons (Fsp3) is 0.433. The van der Waals surface area contributed by atoms with Crippen LogP contribution in [0, 0.1) is 5.82 Å². The van der Waals surface area contributed by atoms with E-state index >= 15 is 0 Å². The van der Waals surface area contributed by atoms with E-state index in [1.54, 1.807) is 12.1 Å². The molecule has 1 atom stereocenters. The number of carboxylic acids is 1. The Morgan fingerprint density at radius 3 is 2.27 bits per heavy atom. The predicted octanol–water partition coefficient (Wildman–Crippen LogP) is 8.57. The monoisotopic (exact) mass is 597 g/mol. The third-order valence-electron chi connectivity index (χ3n) is 6.07. The third-order valence-corrected chi connectivity index (χ3v) is 6.35. The summed E-state index contributed by atoms with van der Waals surface area (Å²) >= 11 is 5.85. The van der Waals surface area contributed by atoms with Crippen LogP contribution in [-0.4, -0.2) is 33.8 Å². The van der Waals surface area contributed by atoms with Crippen molar-refractivity contribution in [3.05, 3.63) is 88.7 Å². The minimum absolute atomic E-state index is 0.154. The van der Waals surface area contributed by atoms with Gasteiger partial charge in [0.05, 0.1) is 6.20 Å². The highest BCUT2D eigenvalue weighted by molar-refractivity contribution is 6.32. The molecule has 0 unspecified atom stereocenters. The fourth-order valence-electron chi connectivity index (χ4n) is 3.86. The van der Waals surface area contributed by atoms with Gasteiger partial charge in [0.1, 0.15) is 29.2 Å². The Hall–Kier alpha value is -3.24. The van der Waals surface area contributed by atoms with E-state index in [-0.39, 0.29) is 34.5 Å². The molecule has 41 heavy (non-hydrogen) atoms. The molecule has 0 fully saturated rings. The number of rotatable bonds is 15. The first-order chi connectivity index (χ1) is 19.6. The van der Waals surface area contributed by atoms with E-state index in [2.05, 4.69) is 22.2 Å². The van der Waals surface area contributed by atoms with E-state index in [1.807, 2.05) is 0 Å². The molecule has 0 aliphatic rings. The number of hydrogen-bond acceptors (Lipinski definition) is 5. The third kappa shape index (κ3) is 13.3. The van der Waals surface area contributed by atoms with Crippen molar-refractivity contribution in [2.75, 3.05) is 6.54 Å². The van der Waals surface area contributed by atoms with Crippen molar-refractivity contribution in [1.29, 1.82) is 0 Å². The molecule has 0 amide bonds. The Balaban J connectivity index is 0.000000289. The minimum Gasteiger partial charge on any atom is -0.487 e. The normalized spacial score (nSPS) is 11.9. The molecule has 1 aromatic carbocycles. The van der Waals surface area contributed by atoms with E-state index < -0.39 is 18.2 Å². The molecule has 0 saturated carbocycles. The highest BCUT2D eigenvalue weighted by Crippen LogP contribution is 2.32. The first-order valence-corrected chi connectivity index (χ1v) is 14.0. The second-order valence-electron chi connectivity index (χ2n) is 9.41. The lowest BCUT2D eigenvalue weighted by Crippen LogP contribution is -2.34. The maximum Gasteiger partial charge on any atom is 0.407 e. The van der Waals surface area contributed by atoms with E-state index in [4.69, 9.17) is 21.4 Å². The van der Waals surface area contributed by atoms with Crippen molar-refractivity contribution < 1.29 is 32.2 Å². The number of carbonyl (C=O) groups is 1. The summed E-state index contributed by atoms with van der Waals surface area (Å²) in [7, 11) is 0. The molecule has 0 saturated heterocycles. The maximum absolute atomic E-state index is 13.1. The van der Waals surface area contributed by atoms with Crippen molar-refractivity contribution >= 4 is 17.6 Å². The highest BCUT2D eigenvalue weighted by Gasteiger charge is 2.40. The number of ether oxygens (including phenoxy) is 1. The minimum atomic E-state index is -4.29. The zero-order valence-corrected chi connectivity index (χ0v) is 23.7. The zero-order valence-electron chi connectivity index (χ0n) is 23.0. The smallest absolute Gasteiger partial charge is 0.407 e. The van der Waals surface area contributed by atoms with E-state index in [1.165, 1.54) is 81.0 Å². The molecule has 3 aromatic rings. The summed E-state index contributed by atoms with van der Waals surface area (Å²) in [6.45, 7) is 2.72. The van der Waals surface area contributed by atoms with Gasteiger partial charge >= 0.3 is 12.1 Å². The van der Waals surface area contributed by atoms with Crippen molar-refractivity contribution in [2.24, 2.45) is 0 Å². The number of pyridine rings is 2. The van der Waals surface area contributed by atoms with E-state index in [9.17, 15) is 22.4 Å². The second-order valence-corrected chi connectivity index (χ2v) is 9.82. The van der Waals surface area contributed by atoms with Gasteiger partial charge < -0.3 is 15.2 Å². The molecule has 6 nitrogen and oxygen atoms in total. The van der Waals surface area contributed by atoms with Gasteiger partial charge in [-0.1, -0.05) is 81.7 Å². The van der Waals surface area contributed by atoms with Crippen molar-refractivity contribution in [1.82, 2.24) is 15.3 Å². The number of nitrogens with one attached hydrogen (secondary N) is 1. The molecule has 224 valence electrons. The number of benzene rings is 1. The predicted molar refractivity (Wildman–Crippen MR) is 151 cm³/mol. The lowest BCUT2D eigenvalue weighted by Gasteiger charge is -2.21. The standard InChI is InChI=1S/C17H27F3N2.C13H9ClFNO3/c1-2-3-4-5-6-7-8-9-13-22-16(17(18,19)20)15-11-10-12-21-14-15;14-10-6-16-11(13(17)18)5-12(10)19-7-8-1-3-9(15)4-2-8/h10-12,14,16,22H,2-9,13H2,1H3;1-6H,7H2,(H,17,18)/t16-;/m0./s1. The van der Waals surface area contributed by atoms with Gasteiger partial charge in [0, 0.05) is 18.5 Å². The Morgan fingerprint density at radius 1 is 1.02 bits per heavy atom. The molecule has 11 heteroatoms. The molecule has 0 aliphatic heterocycles. The molecular weight excluding hydrogens is 562 g/mol. The van der Waals surface area contributed by atoms with E-state index in [0.717, 1.165) is 24.8 Å². The molecule has 0 spiro atoms. The summed E-state index contributed by atoms with van der Waals surface area (Å²) in [5.41, 5.74) is 0.763.